The zero-order valence-electron chi connectivity index (χ0n) is 15.2. The Labute approximate surface area is 194 Å². The van der Waals surface area contributed by atoms with Crippen molar-refractivity contribution in [3.63, 3.8) is 0 Å². The molecule has 0 aromatic heterocycles. The first kappa shape index (κ1) is 22.7. The summed E-state index contributed by atoms with van der Waals surface area (Å²) in [4.78, 5) is 12.7. The minimum Gasteiger partial charge on any atom is -0.324 e. The zero-order chi connectivity index (χ0) is 21.9. The molecule has 0 saturated carbocycles. The number of carbonyl (C=O) groups is 1. The number of anilines is 2. The summed E-state index contributed by atoms with van der Waals surface area (Å²) >= 11 is 24.2. The largest absolute Gasteiger partial charge is 0.324 e. The van der Waals surface area contributed by atoms with E-state index in [1.54, 1.807) is 24.3 Å². The van der Waals surface area contributed by atoms with Crippen molar-refractivity contribution < 1.29 is 13.2 Å². The van der Waals surface area contributed by atoms with Crippen LogP contribution >= 0.6 is 46.4 Å². The second-order valence-electron chi connectivity index (χ2n) is 6.10. The zero-order valence-corrected chi connectivity index (χ0v) is 19.0. The van der Waals surface area contributed by atoms with E-state index in [0.717, 1.165) is 4.31 Å². The van der Waals surface area contributed by atoms with Crippen LogP contribution in [0.2, 0.25) is 20.1 Å². The van der Waals surface area contributed by atoms with Gasteiger partial charge in [-0.1, -0.05) is 70.7 Å². The number of nitrogens with one attached hydrogen (secondary N) is 1. The summed E-state index contributed by atoms with van der Waals surface area (Å²) in [6, 6.07) is 16.7. The number of rotatable bonds is 6. The van der Waals surface area contributed by atoms with E-state index in [4.69, 9.17) is 46.4 Å². The minimum absolute atomic E-state index is 0.000331. The normalized spacial score (nSPS) is 11.2. The van der Waals surface area contributed by atoms with E-state index in [1.165, 1.54) is 42.5 Å². The summed E-state index contributed by atoms with van der Waals surface area (Å²) in [5.74, 6) is -0.621. The summed E-state index contributed by atoms with van der Waals surface area (Å²) in [5, 5.41) is 3.41. The lowest BCUT2D eigenvalue weighted by molar-refractivity contribution is -0.114. The van der Waals surface area contributed by atoms with Gasteiger partial charge in [0.05, 0.1) is 20.6 Å². The van der Waals surface area contributed by atoms with Crippen LogP contribution in [-0.4, -0.2) is 20.9 Å². The maximum atomic E-state index is 13.3. The van der Waals surface area contributed by atoms with Crippen molar-refractivity contribution in [1.29, 1.82) is 0 Å². The van der Waals surface area contributed by atoms with Crippen LogP contribution < -0.4 is 9.62 Å². The number of sulfonamides is 1. The highest BCUT2D eigenvalue weighted by molar-refractivity contribution is 7.92. The highest BCUT2D eigenvalue weighted by Gasteiger charge is 2.29. The van der Waals surface area contributed by atoms with Gasteiger partial charge in [-0.25, -0.2) is 8.42 Å². The Hall–Kier alpha value is -1.96. The van der Waals surface area contributed by atoms with Gasteiger partial charge in [-0.3, -0.25) is 9.10 Å². The van der Waals surface area contributed by atoms with Gasteiger partial charge < -0.3 is 5.32 Å². The third-order valence-electron chi connectivity index (χ3n) is 3.96. The summed E-state index contributed by atoms with van der Waals surface area (Å²) in [5.41, 5.74) is 0.402. The molecule has 3 rings (SSSR count). The molecule has 3 aromatic carbocycles. The van der Waals surface area contributed by atoms with Crippen LogP contribution in [-0.2, 0) is 14.8 Å². The van der Waals surface area contributed by atoms with Crippen LogP contribution in [0.25, 0.3) is 0 Å². The number of amides is 1. The van der Waals surface area contributed by atoms with Crippen LogP contribution in [0.5, 0.6) is 0 Å². The molecule has 0 heterocycles. The number of benzene rings is 3. The van der Waals surface area contributed by atoms with E-state index < -0.39 is 22.5 Å². The van der Waals surface area contributed by atoms with Gasteiger partial charge in [-0.2, -0.15) is 0 Å². The van der Waals surface area contributed by atoms with Crippen molar-refractivity contribution in [2.45, 2.75) is 4.90 Å². The number of carbonyl (C=O) groups excluding carboxylic acids is 1. The second-order valence-corrected chi connectivity index (χ2v) is 9.62. The van der Waals surface area contributed by atoms with Gasteiger partial charge in [0.1, 0.15) is 6.54 Å². The predicted molar refractivity (Wildman–Crippen MR) is 123 cm³/mol. The van der Waals surface area contributed by atoms with Gasteiger partial charge >= 0.3 is 0 Å². The Balaban J connectivity index is 1.99. The Morgan fingerprint density at radius 3 is 2.13 bits per heavy atom. The van der Waals surface area contributed by atoms with Crippen LogP contribution in [0.3, 0.4) is 0 Å². The third-order valence-corrected chi connectivity index (χ3v) is 6.98. The third kappa shape index (κ3) is 5.20. The highest BCUT2D eigenvalue weighted by atomic mass is 35.5. The molecule has 0 fully saturated rings. The lowest BCUT2D eigenvalue weighted by atomic mass is 10.3. The standard InChI is InChI=1S/C20H14Cl4N2O3S/c21-13-9-14(22)11-15(10-13)25-19(27)12-26(18-8-4-7-17(23)20(18)24)30(28,29)16-5-2-1-3-6-16/h1-11H,12H2,(H,25,27). The predicted octanol–water partition coefficient (Wildman–Crippen LogP) is 6.13. The Morgan fingerprint density at radius 2 is 1.50 bits per heavy atom. The number of hydrogen-bond acceptors (Lipinski definition) is 3. The minimum atomic E-state index is -4.12. The van der Waals surface area contributed by atoms with E-state index >= 15 is 0 Å². The van der Waals surface area contributed by atoms with Crippen LogP contribution in [0, 0.1) is 0 Å². The topological polar surface area (TPSA) is 66.5 Å². The fourth-order valence-corrected chi connectivity index (χ4v) is 5.09. The van der Waals surface area contributed by atoms with Crippen LogP contribution in [0.1, 0.15) is 0 Å². The molecule has 1 amide bonds. The van der Waals surface area contributed by atoms with Crippen molar-refractivity contribution >= 4 is 73.7 Å². The first-order chi connectivity index (χ1) is 14.2. The molecule has 0 aliphatic carbocycles. The lowest BCUT2D eigenvalue weighted by Crippen LogP contribution is -2.38. The van der Waals surface area contributed by atoms with Crippen molar-refractivity contribution in [2.24, 2.45) is 0 Å². The summed E-state index contributed by atoms with van der Waals surface area (Å²) in [7, 11) is -4.12. The molecule has 1 N–H and O–H groups in total. The van der Waals surface area contributed by atoms with Crippen molar-refractivity contribution in [1.82, 2.24) is 0 Å². The average molecular weight is 504 g/mol. The summed E-state index contributed by atoms with van der Waals surface area (Å²) < 4.78 is 27.5. The molecule has 0 atom stereocenters. The highest BCUT2D eigenvalue weighted by Crippen LogP contribution is 2.35. The molecule has 0 bridgehead atoms. The van der Waals surface area contributed by atoms with E-state index in [1.807, 2.05) is 0 Å². The van der Waals surface area contributed by atoms with Crippen molar-refractivity contribution in [3.8, 4) is 0 Å². The fraction of sp³-hybridized carbons (Fsp3) is 0.0500. The fourth-order valence-electron chi connectivity index (χ4n) is 2.66. The molecule has 0 spiro atoms. The first-order valence-electron chi connectivity index (χ1n) is 8.46. The number of halogens is 4. The maximum Gasteiger partial charge on any atom is 0.264 e. The van der Waals surface area contributed by atoms with Crippen LogP contribution in [0.15, 0.2) is 71.6 Å². The second kappa shape index (κ2) is 9.45. The molecule has 3 aromatic rings. The molecule has 0 aliphatic heterocycles. The van der Waals surface area contributed by atoms with Crippen molar-refractivity contribution in [3.05, 3.63) is 86.8 Å². The van der Waals surface area contributed by atoms with Gasteiger partial charge in [0.25, 0.3) is 10.0 Å². The smallest absolute Gasteiger partial charge is 0.264 e. The van der Waals surface area contributed by atoms with E-state index in [0.29, 0.717) is 15.7 Å². The molecule has 30 heavy (non-hydrogen) atoms. The maximum absolute atomic E-state index is 13.3. The Morgan fingerprint density at radius 1 is 0.867 bits per heavy atom. The molecule has 0 saturated heterocycles. The summed E-state index contributed by atoms with van der Waals surface area (Å²) in [6.07, 6.45) is 0. The van der Waals surface area contributed by atoms with Gasteiger partial charge in [0, 0.05) is 15.7 Å². The Bertz CT molecular complexity index is 1170. The molecule has 0 aliphatic rings. The molecule has 5 nitrogen and oxygen atoms in total. The molecular formula is C20H14Cl4N2O3S. The van der Waals surface area contributed by atoms with Gasteiger partial charge in [-0.05, 0) is 42.5 Å². The summed E-state index contributed by atoms with van der Waals surface area (Å²) in [6.45, 7) is -0.554. The van der Waals surface area contributed by atoms with E-state index in [-0.39, 0.29) is 20.6 Å². The lowest BCUT2D eigenvalue weighted by Gasteiger charge is -2.25. The molecule has 0 unspecified atom stereocenters. The number of nitrogens with zero attached hydrogens (tertiary/aromatic N) is 1. The van der Waals surface area contributed by atoms with Crippen LogP contribution in [0.4, 0.5) is 11.4 Å². The van der Waals surface area contributed by atoms with E-state index in [2.05, 4.69) is 5.32 Å². The average Bonchev–Trinajstić information content (AvgIpc) is 2.68. The first-order valence-corrected chi connectivity index (χ1v) is 11.4. The van der Waals surface area contributed by atoms with Gasteiger partial charge in [-0.15, -0.1) is 0 Å². The number of hydrogen-bond donors (Lipinski definition) is 1. The molecular weight excluding hydrogens is 490 g/mol. The van der Waals surface area contributed by atoms with E-state index in [9.17, 15) is 13.2 Å². The SMILES string of the molecule is O=C(CN(c1cccc(Cl)c1Cl)S(=O)(=O)c1ccccc1)Nc1cc(Cl)cc(Cl)c1. The monoisotopic (exact) mass is 502 g/mol. The quantitative estimate of drug-likeness (QED) is 0.439. The van der Waals surface area contributed by atoms with Gasteiger partial charge in [0.15, 0.2) is 0 Å². The van der Waals surface area contributed by atoms with Gasteiger partial charge in [0.2, 0.25) is 5.91 Å². The van der Waals surface area contributed by atoms with Crippen molar-refractivity contribution in [2.75, 3.05) is 16.2 Å². The molecule has 156 valence electrons. The molecule has 10 heteroatoms. The Kier molecular flexibility index (Phi) is 7.16. The molecule has 0 radical (unpaired) electrons.